The number of hydrogen-bond donors (Lipinski definition) is 0. The summed E-state index contributed by atoms with van der Waals surface area (Å²) >= 11 is 3.36. The predicted octanol–water partition coefficient (Wildman–Crippen LogP) is 6.00. The van der Waals surface area contributed by atoms with E-state index < -0.39 is 4.92 Å². The van der Waals surface area contributed by atoms with E-state index in [1.54, 1.807) is 31.2 Å². The monoisotopic (exact) mass is 572 g/mol. The number of rotatable bonds is 7. The normalized spacial score (nSPS) is 11.3. The number of nitro groups is 1. The van der Waals surface area contributed by atoms with E-state index in [9.17, 15) is 14.9 Å². The van der Waals surface area contributed by atoms with Gasteiger partial charge in [-0.15, -0.1) is 0 Å². The van der Waals surface area contributed by atoms with Crippen LogP contribution in [0.15, 0.2) is 87.2 Å². The molecule has 1 aromatic heterocycles. The largest absolute Gasteiger partial charge is 0.493 e. The molecule has 5 aromatic rings. The molecule has 4 aromatic carbocycles. The van der Waals surface area contributed by atoms with Gasteiger partial charge in [-0.3, -0.25) is 14.9 Å². The van der Waals surface area contributed by atoms with Crippen molar-refractivity contribution in [3.63, 3.8) is 0 Å². The number of aryl methyl sites for hydroxylation is 1. The van der Waals surface area contributed by atoms with Gasteiger partial charge in [0.2, 0.25) is 5.75 Å². The number of methoxy groups -OCH3 is 1. The van der Waals surface area contributed by atoms with Gasteiger partial charge < -0.3 is 9.47 Å². The lowest BCUT2D eigenvalue weighted by Gasteiger charge is -2.13. The minimum atomic E-state index is -0.537. The Hall–Kier alpha value is -4.57. The molecule has 5 rings (SSSR count). The van der Waals surface area contributed by atoms with Gasteiger partial charge in [0.15, 0.2) is 5.75 Å². The molecule has 10 heteroatoms. The zero-order valence-electron chi connectivity index (χ0n) is 20.4. The number of benzene rings is 4. The van der Waals surface area contributed by atoms with E-state index in [2.05, 4.69) is 26.0 Å². The molecule has 0 N–H and O–H groups in total. The first-order chi connectivity index (χ1) is 18.4. The quantitative estimate of drug-likeness (QED) is 0.134. The maximum Gasteiger partial charge on any atom is 0.315 e. The highest BCUT2D eigenvalue weighted by Crippen LogP contribution is 2.39. The number of ether oxygens (including phenoxy) is 2. The van der Waals surface area contributed by atoms with Crippen LogP contribution in [0.3, 0.4) is 0 Å². The lowest BCUT2D eigenvalue weighted by atomic mass is 10.1. The van der Waals surface area contributed by atoms with Gasteiger partial charge in [0, 0.05) is 16.1 Å². The molecule has 0 aliphatic carbocycles. The molecule has 0 saturated heterocycles. The van der Waals surface area contributed by atoms with Crippen molar-refractivity contribution in [2.75, 3.05) is 7.11 Å². The first-order valence-electron chi connectivity index (χ1n) is 11.5. The SMILES string of the molecule is COc1cc(C=Nn2c(C)nc3ccc(Br)cc3c2=O)cc([N+](=O)[O-])c1OCc1cccc2ccccc12. The highest BCUT2D eigenvalue weighted by molar-refractivity contribution is 9.10. The van der Waals surface area contributed by atoms with E-state index in [1.165, 1.54) is 19.4 Å². The van der Waals surface area contributed by atoms with Gasteiger partial charge in [0.05, 0.1) is 29.2 Å². The van der Waals surface area contributed by atoms with Gasteiger partial charge in [-0.1, -0.05) is 58.4 Å². The van der Waals surface area contributed by atoms with Crippen LogP contribution in [0.5, 0.6) is 11.5 Å². The van der Waals surface area contributed by atoms with Crippen molar-refractivity contribution in [3.8, 4) is 11.5 Å². The van der Waals surface area contributed by atoms with E-state index >= 15 is 0 Å². The van der Waals surface area contributed by atoms with E-state index in [-0.39, 0.29) is 29.4 Å². The maximum absolute atomic E-state index is 13.0. The Morgan fingerprint density at radius 3 is 2.66 bits per heavy atom. The second-order valence-corrected chi connectivity index (χ2v) is 9.35. The van der Waals surface area contributed by atoms with Crippen molar-refractivity contribution in [2.24, 2.45) is 5.10 Å². The summed E-state index contributed by atoms with van der Waals surface area (Å²) < 4.78 is 13.3. The lowest BCUT2D eigenvalue weighted by molar-refractivity contribution is -0.386. The van der Waals surface area contributed by atoms with E-state index in [0.717, 1.165) is 25.5 Å². The van der Waals surface area contributed by atoms with Gasteiger partial charge in [0.1, 0.15) is 12.4 Å². The fourth-order valence-corrected chi connectivity index (χ4v) is 4.56. The number of nitro benzene ring substituents is 1. The average molecular weight is 573 g/mol. The van der Waals surface area contributed by atoms with Crippen LogP contribution < -0.4 is 15.0 Å². The molecule has 0 fully saturated rings. The topological polar surface area (TPSA) is 109 Å². The third-order valence-electron chi connectivity index (χ3n) is 6.02. The molecule has 0 aliphatic rings. The molecule has 9 nitrogen and oxygen atoms in total. The van der Waals surface area contributed by atoms with Crippen LogP contribution in [0.4, 0.5) is 5.69 Å². The molecule has 0 atom stereocenters. The summed E-state index contributed by atoms with van der Waals surface area (Å²) in [6, 6.07) is 21.8. The molecule has 0 aliphatic heterocycles. The van der Waals surface area contributed by atoms with E-state index in [1.807, 2.05) is 42.5 Å². The van der Waals surface area contributed by atoms with Crippen molar-refractivity contribution in [1.82, 2.24) is 9.66 Å². The van der Waals surface area contributed by atoms with Crippen LogP contribution in [0, 0.1) is 17.0 Å². The first kappa shape index (κ1) is 25.1. The second kappa shape index (κ2) is 10.4. The lowest BCUT2D eigenvalue weighted by Crippen LogP contribution is -2.20. The van der Waals surface area contributed by atoms with Gasteiger partial charge in [0.25, 0.3) is 5.56 Å². The maximum atomic E-state index is 13.0. The highest BCUT2D eigenvalue weighted by Gasteiger charge is 2.22. The molecule has 0 bridgehead atoms. The van der Waals surface area contributed by atoms with Crippen LogP contribution in [-0.2, 0) is 6.61 Å². The summed E-state index contributed by atoms with van der Waals surface area (Å²) in [5.74, 6) is 0.552. The van der Waals surface area contributed by atoms with Gasteiger partial charge in [-0.25, -0.2) is 4.98 Å². The summed E-state index contributed by atoms with van der Waals surface area (Å²) in [6.45, 7) is 1.77. The van der Waals surface area contributed by atoms with Gasteiger partial charge in [-0.2, -0.15) is 9.78 Å². The predicted molar refractivity (Wildman–Crippen MR) is 149 cm³/mol. The molecule has 1 heterocycles. The first-order valence-corrected chi connectivity index (χ1v) is 12.3. The number of halogens is 1. The van der Waals surface area contributed by atoms with Crippen LogP contribution in [0.1, 0.15) is 17.0 Å². The summed E-state index contributed by atoms with van der Waals surface area (Å²) in [5.41, 5.74) is 1.14. The fourth-order valence-electron chi connectivity index (χ4n) is 4.20. The zero-order valence-corrected chi connectivity index (χ0v) is 22.0. The van der Waals surface area contributed by atoms with Crippen molar-refractivity contribution in [3.05, 3.63) is 115 Å². The van der Waals surface area contributed by atoms with Crippen molar-refractivity contribution >= 4 is 49.5 Å². The fraction of sp³-hybridized carbons (Fsp3) is 0.107. The Labute approximate surface area is 225 Å². The van der Waals surface area contributed by atoms with Crippen LogP contribution in [0.25, 0.3) is 21.7 Å². The van der Waals surface area contributed by atoms with Crippen molar-refractivity contribution < 1.29 is 14.4 Å². The smallest absolute Gasteiger partial charge is 0.315 e. The second-order valence-electron chi connectivity index (χ2n) is 8.44. The van der Waals surface area contributed by atoms with Gasteiger partial charge in [-0.05, 0) is 47.5 Å². The van der Waals surface area contributed by atoms with Crippen molar-refractivity contribution in [1.29, 1.82) is 0 Å². The summed E-state index contributed by atoms with van der Waals surface area (Å²) in [6.07, 6.45) is 1.35. The molecule has 190 valence electrons. The summed E-state index contributed by atoms with van der Waals surface area (Å²) in [7, 11) is 1.41. The molecular weight excluding hydrogens is 552 g/mol. The number of hydrogen-bond acceptors (Lipinski definition) is 7. The third-order valence-corrected chi connectivity index (χ3v) is 6.51. The molecule has 0 spiro atoms. The Kier molecular flexibility index (Phi) is 6.89. The number of nitrogens with zero attached hydrogens (tertiary/aromatic N) is 4. The minimum absolute atomic E-state index is 0.00755. The molecular formula is C28H21BrN4O5. The Morgan fingerprint density at radius 1 is 1.08 bits per heavy atom. The number of aromatic nitrogens is 2. The Balaban J connectivity index is 1.51. The van der Waals surface area contributed by atoms with E-state index in [4.69, 9.17) is 9.47 Å². The Morgan fingerprint density at radius 2 is 1.87 bits per heavy atom. The molecule has 0 unspecified atom stereocenters. The summed E-state index contributed by atoms with van der Waals surface area (Å²) in [4.78, 5) is 28.9. The van der Waals surface area contributed by atoms with Gasteiger partial charge >= 0.3 is 5.69 Å². The van der Waals surface area contributed by atoms with Crippen LogP contribution in [-0.4, -0.2) is 27.9 Å². The van der Waals surface area contributed by atoms with E-state index in [0.29, 0.717) is 22.3 Å². The molecule has 38 heavy (non-hydrogen) atoms. The Bertz CT molecular complexity index is 1790. The molecule has 0 saturated carbocycles. The van der Waals surface area contributed by atoms with Crippen LogP contribution >= 0.6 is 15.9 Å². The third kappa shape index (κ3) is 4.85. The minimum Gasteiger partial charge on any atom is -0.493 e. The molecule has 0 amide bonds. The van der Waals surface area contributed by atoms with Crippen molar-refractivity contribution in [2.45, 2.75) is 13.5 Å². The highest BCUT2D eigenvalue weighted by atomic mass is 79.9. The summed E-state index contributed by atoms with van der Waals surface area (Å²) in [5, 5.41) is 18.7. The standard InChI is InChI=1S/C28H21BrN4O5/c1-17-31-24-11-10-21(29)14-23(24)28(34)32(17)30-15-18-12-25(33(35)36)27(26(13-18)37-2)38-16-20-8-5-7-19-6-3-4-9-22(19)20/h3-15H,16H2,1-2H3. The average Bonchev–Trinajstić information content (AvgIpc) is 2.92. The van der Waals surface area contributed by atoms with Crippen LogP contribution in [0.2, 0.25) is 0 Å². The molecule has 0 radical (unpaired) electrons. The number of fused-ring (bicyclic) bond motifs is 2. The zero-order chi connectivity index (χ0) is 26.8.